The van der Waals surface area contributed by atoms with Crippen LogP contribution in [0.4, 0.5) is 4.79 Å². The van der Waals surface area contributed by atoms with E-state index in [0.29, 0.717) is 17.9 Å². The summed E-state index contributed by atoms with van der Waals surface area (Å²) in [5, 5.41) is 23.3. The van der Waals surface area contributed by atoms with Crippen LogP contribution in [0.1, 0.15) is 47.1 Å². The summed E-state index contributed by atoms with van der Waals surface area (Å²) in [4.78, 5) is 11.7. The first-order chi connectivity index (χ1) is 13.6. The summed E-state index contributed by atoms with van der Waals surface area (Å²) in [5.74, 6) is 1.26. The summed E-state index contributed by atoms with van der Waals surface area (Å²) < 4.78 is 17.7. The first-order valence-corrected chi connectivity index (χ1v) is 13.3. The molecule has 8 heteroatoms. The summed E-state index contributed by atoms with van der Waals surface area (Å²) in [6.07, 6.45) is -2.45. The van der Waals surface area contributed by atoms with Crippen LogP contribution in [0.3, 0.4) is 0 Å². The number of hydrogen-bond donors (Lipinski definition) is 3. The summed E-state index contributed by atoms with van der Waals surface area (Å²) in [5.41, 5.74) is 0.317. The van der Waals surface area contributed by atoms with Crippen molar-refractivity contribution < 1.29 is 28.9 Å². The van der Waals surface area contributed by atoms with Crippen LogP contribution in [-0.2, 0) is 10.8 Å². The SMILES string of the molecule is CC(C)(C)C(O)[C@@H](O[Si](C)(C)C(C)(C)C)[C@H](Cc1cccc2c1OCO2)NC(=O)O. The van der Waals surface area contributed by atoms with Gasteiger partial charge in [0.05, 0.1) is 18.2 Å². The van der Waals surface area contributed by atoms with Crippen molar-refractivity contribution in [1.29, 1.82) is 0 Å². The Morgan fingerprint density at radius 3 is 2.37 bits per heavy atom. The second kappa shape index (κ2) is 8.76. The van der Waals surface area contributed by atoms with Gasteiger partial charge in [-0.05, 0) is 36.0 Å². The van der Waals surface area contributed by atoms with Crippen molar-refractivity contribution in [3.63, 3.8) is 0 Å². The molecule has 30 heavy (non-hydrogen) atoms. The van der Waals surface area contributed by atoms with E-state index >= 15 is 0 Å². The summed E-state index contributed by atoms with van der Waals surface area (Å²) in [7, 11) is -2.31. The number of amides is 1. The Morgan fingerprint density at radius 1 is 1.20 bits per heavy atom. The number of aliphatic hydroxyl groups excluding tert-OH is 1. The van der Waals surface area contributed by atoms with E-state index in [2.05, 4.69) is 39.2 Å². The molecule has 7 nitrogen and oxygen atoms in total. The normalized spacial score (nSPS) is 17.4. The molecule has 1 aromatic rings. The molecule has 3 atom stereocenters. The van der Waals surface area contributed by atoms with Gasteiger partial charge < -0.3 is 29.4 Å². The Balaban J connectivity index is 2.45. The van der Waals surface area contributed by atoms with Crippen LogP contribution in [0.25, 0.3) is 0 Å². The Bertz CT molecular complexity index is 753. The molecular formula is C22H37NO6Si. The van der Waals surface area contributed by atoms with Gasteiger partial charge in [0.2, 0.25) is 6.79 Å². The van der Waals surface area contributed by atoms with Crippen molar-refractivity contribution in [2.45, 2.75) is 84.3 Å². The molecule has 1 unspecified atom stereocenters. The zero-order valence-corrected chi connectivity index (χ0v) is 20.4. The van der Waals surface area contributed by atoms with Crippen LogP contribution >= 0.6 is 0 Å². The van der Waals surface area contributed by atoms with Crippen molar-refractivity contribution in [2.24, 2.45) is 5.41 Å². The number of carbonyl (C=O) groups is 1. The number of benzene rings is 1. The maximum atomic E-state index is 11.7. The number of para-hydroxylation sites is 1. The second-order valence-corrected chi connectivity index (χ2v) is 15.3. The van der Waals surface area contributed by atoms with Gasteiger partial charge in [0.25, 0.3) is 0 Å². The minimum Gasteiger partial charge on any atom is -0.465 e. The predicted octanol–water partition coefficient (Wildman–Crippen LogP) is 4.39. The molecule has 0 saturated carbocycles. The molecule has 1 aromatic carbocycles. The van der Waals surface area contributed by atoms with Crippen molar-refractivity contribution in [3.8, 4) is 11.5 Å². The first-order valence-electron chi connectivity index (χ1n) is 10.4. The lowest BCUT2D eigenvalue weighted by Gasteiger charge is -2.45. The molecule has 0 aromatic heterocycles. The Hall–Kier alpha value is -1.77. The minimum absolute atomic E-state index is 0.0957. The smallest absolute Gasteiger partial charge is 0.404 e. The molecule has 1 heterocycles. The highest BCUT2D eigenvalue weighted by Gasteiger charge is 2.45. The second-order valence-electron chi connectivity index (χ2n) is 10.6. The Labute approximate surface area is 180 Å². The molecule has 2 rings (SSSR count). The number of ether oxygens (including phenoxy) is 2. The molecule has 1 aliphatic rings. The Morgan fingerprint density at radius 2 is 1.83 bits per heavy atom. The van der Waals surface area contributed by atoms with Crippen LogP contribution in [-0.4, -0.2) is 49.7 Å². The fourth-order valence-electron chi connectivity index (χ4n) is 3.17. The molecule has 0 bridgehead atoms. The summed E-state index contributed by atoms with van der Waals surface area (Å²) in [6, 6.07) is 4.89. The van der Waals surface area contributed by atoms with Gasteiger partial charge in [0.15, 0.2) is 19.8 Å². The highest BCUT2D eigenvalue weighted by atomic mass is 28.4. The van der Waals surface area contributed by atoms with Crippen molar-refractivity contribution in [3.05, 3.63) is 23.8 Å². The Kier molecular flexibility index (Phi) is 7.16. The molecular weight excluding hydrogens is 402 g/mol. The molecule has 0 saturated heterocycles. The van der Waals surface area contributed by atoms with Gasteiger partial charge in [-0.3, -0.25) is 0 Å². The van der Waals surface area contributed by atoms with E-state index in [1.807, 2.05) is 39.0 Å². The van der Waals surface area contributed by atoms with E-state index in [1.54, 1.807) is 0 Å². The molecule has 0 fully saturated rings. The largest absolute Gasteiger partial charge is 0.465 e. The van der Waals surface area contributed by atoms with Crippen molar-refractivity contribution >= 4 is 14.4 Å². The zero-order valence-electron chi connectivity index (χ0n) is 19.4. The third-order valence-electron chi connectivity index (χ3n) is 6.06. The molecule has 3 N–H and O–H groups in total. The lowest BCUT2D eigenvalue weighted by atomic mass is 9.82. The quantitative estimate of drug-likeness (QED) is 0.545. The molecule has 170 valence electrons. The van der Waals surface area contributed by atoms with E-state index in [1.165, 1.54) is 0 Å². The van der Waals surface area contributed by atoms with Gasteiger partial charge in [0.1, 0.15) is 0 Å². The van der Waals surface area contributed by atoms with E-state index in [9.17, 15) is 15.0 Å². The monoisotopic (exact) mass is 439 g/mol. The van der Waals surface area contributed by atoms with Gasteiger partial charge in [-0.15, -0.1) is 0 Å². The number of rotatable bonds is 7. The number of fused-ring (bicyclic) bond motifs is 1. The standard InChI is InChI=1S/C22H37NO6Si/c1-21(2,3)19(24)18(29-30(7,8)22(4,5)6)15(23-20(25)26)12-14-10-9-11-16-17(14)28-13-27-16/h9-11,15,18-19,23-24H,12-13H2,1-8H3,(H,25,26)/t15-,18-,19?/m0/s1. The lowest BCUT2D eigenvalue weighted by Crippen LogP contribution is -2.59. The summed E-state index contributed by atoms with van der Waals surface area (Å²) >= 11 is 0. The third kappa shape index (κ3) is 5.68. The predicted molar refractivity (Wildman–Crippen MR) is 119 cm³/mol. The molecule has 1 amide bonds. The van der Waals surface area contributed by atoms with Crippen LogP contribution < -0.4 is 14.8 Å². The minimum atomic E-state index is -2.31. The average Bonchev–Trinajstić information content (AvgIpc) is 3.06. The number of carboxylic acid groups (broad SMARTS) is 1. The summed E-state index contributed by atoms with van der Waals surface area (Å²) in [6.45, 7) is 16.5. The fraction of sp³-hybridized carbons (Fsp3) is 0.682. The van der Waals surface area contributed by atoms with Crippen LogP contribution in [0.2, 0.25) is 18.1 Å². The number of hydrogen-bond acceptors (Lipinski definition) is 5. The topological polar surface area (TPSA) is 97.3 Å². The van der Waals surface area contributed by atoms with E-state index in [-0.39, 0.29) is 11.8 Å². The number of aliphatic hydroxyl groups is 1. The van der Waals surface area contributed by atoms with Crippen LogP contribution in [0, 0.1) is 5.41 Å². The number of nitrogens with one attached hydrogen (secondary N) is 1. The van der Waals surface area contributed by atoms with E-state index in [0.717, 1.165) is 5.56 Å². The van der Waals surface area contributed by atoms with Gasteiger partial charge in [-0.2, -0.15) is 0 Å². The molecule has 0 radical (unpaired) electrons. The lowest BCUT2D eigenvalue weighted by molar-refractivity contribution is -0.0523. The first kappa shape index (κ1) is 24.5. The van der Waals surface area contributed by atoms with Crippen molar-refractivity contribution in [1.82, 2.24) is 5.32 Å². The van der Waals surface area contributed by atoms with Crippen LogP contribution in [0.15, 0.2) is 18.2 Å². The van der Waals surface area contributed by atoms with Gasteiger partial charge in [-0.1, -0.05) is 53.7 Å². The van der Waals surface area contributed by atoms with E-state index in [4.69, 9.17) is 13.9 Å². The fourth-order valence-corrected chi connectivity index (χ4v) is 4.50. The van der Waals surface area contributed by atoms with Gasteiger partial charge in [-0.25, -0.2) is 4.79 Å². The highest BCUT2D eigenvalue weighted by Crippen LogP contribution is 2.41. The maximum Gasteiger partial charge on any atom is 0.404 e. The van der Waals surface area contributed by atoms with Crippen molar-refractivity contribution in [2.75, 3.05) is 6.79 Å². The van der Waals surface area contributed by atoms with Crippen LogP contribution in [0.5, 0.6) is 11.5 Å². The zero-order chi connectivity index (χ0) is 22.9. The molecule has 1 aliphatic heterocycles. The highest BCUT2D eigenvalue weighted by molar-refractivity contribution is 6.74. The molecule has 0 spiro atoms. The van der Waals surface area contributed by atoms with E-state index < -0.39 is 38.1 Å². The van der Waals surface area contributed by atoms with Gasteiger partial charge in [0, 0.05) is 5.56 Å². The average molecular weight is 440 g/mol. The third-order valence-corrected chi connectivity index (χ3v) is 10.5. The molecule has 0 aliphatic carbocycles. The maximum absolute atomic E-state index is 11.7. The van der Waals surface area contributed by atoms with Gasteiger partial charge >= 0.3 is 6.09 Å².